The molecule has 1 aromatic rings. The van der Waals surface area contributed by atoms with E-state index in [1.807, 2.05) is 0 Å². The van der Waals surface area contributed by atoms with Crippen molar-refractivity contribution >= 4 is 23.5 Å². The molecule has 0 radical (unpaired) electrons. The maximum absolute atomic E-state index is 12.0. The van der Waals surface area contributed by atoms with Crippen LogP contribution in [0.5, 0.6) is 11.5 Å². The van der Waals surface area contributed by atoms with Crippen LogP contribution in [0, 0.1) is 0 Å². The SMILES string of the molecule is CN(CC(=O)O)C(=O)c1cc(Cl)c2c(c1)OCCO2. The van der Waals surface area contributed by atoms with Gasteiger partial charge in [0.05, 0.1) is 5.02 Å². The minimum Gasteiger partial charge on any atom is -0.486 e. The number of carboxylic acid groups (broad SMARTS) is 1. The molecule has 0 saturated heterocycles. The lowest BCUT2D eigenvalue weighted by Gasteiger charge is -2.21. The predicted molar refractivity (Wildman–Crippen MR) is 67.0 cm³/mol. The lowest BCUT2D eigenvalue weighted by molar-refractivity contribution is -0.137. The number of carbonyl (C=O) groups excluding carboxylic acids is 1. The number of rotatable bonds is 3. The lowest BCUT2D eigenvalue weighted by Crippen LogP contribution is -2.32. The molecule has 0 spiro atoms. The minimum atomic E-state index is -1.08. The van der Waals surface area contributed by atoms with Gasteiger partial charge in [-0.05, 0) is 12.1 Å². The average Bonchev–Trinajstić information content (AvgIpc) is 2.37. The van der Waals surface area contributed by atoms with Crippen molar-refractivity contribution in [3.05, 3.63) is 22.7 Å². The summed E-state index contributed by atoms with van der Waals surface area (Å²) in [6.45, 7) is 0.399. The summed E-state index contributed by atoms with van der Waals surface area (Å²) in [6, 6.07) is 2.94. The zero-order chi connectivity index (χ0) is 14.0. The molecule has 0 fully saturated rings. The molecule has 1 amide bonds. The molecule has 0 saturated carbocycles. The number of benzene rings is 1. The number of nitrogens with zero attached hydrogens (tertiary/aromatic N) is 1. The second-order valence-electron chi connectivity index (χ2n) is 4.04. The van der Waals surface area contributed by atoms with E-state index in [4.69, 9.17) is 26.2 Å². The molecule has 6 nitrogen and oxygen atoms in total. The Hall–Kier alpha value is -1.95. The molecule has 0 atom stereocenters. The molecule has 1 heterocycles. The van der Waals surface area contributed by atoms with Crippen LogP contribution in [0.2, 0.25) is 5.02 Å². The van der Waals surface area contributed by atoms with Crippen LogP contribution in [0.25, 0.3) is 0 Å². The van der Waals surface area contributed by atoms with Crippen LogP contribution in [0.15, 0.2) is 12.1 Å². The first-order valence-corrected chi connectivity index (χ1v) is 5.93. The molecule has 1 aliphatic heterocycles. The van der Waals surface area contributed by atoms with Crippen molar-refractivity contribution in [2.24, 2.45) is 0 Å². The number of likely N-dealkylation sites (N-methyl/N-ethyl adjacent to an activating group) is 1. The fourth-order valence-electron chi connectivity index (χ4n) is 1.73. The summed E-state index contributed by atoms with van der Waals surface area (Å²) in [5.74, 6) is -0.725. The van der Waals surface area contributed by atoms with E-state index in [0.717, 1.165) is 4.90 Å². The summed E-state index contributed by atoms with van der Waals surface area (Å²) in [7, 11) is 1.40. The highest BCUT2D eigenvalue weighted by molar-refractivity contribution is 6.32. The van der Waals surface area contributed by atoms with E-state index in [-0.39, 0.29) is 17.1 Å². The largest absolute Gasteiger partial charge is 0.486 e. The van der Waals surface area contributed by atoms with Gasteiger partial charge in [-0.25, -0.2) is 0 Å². The summed E-state index contributed by atoms with van der Waals surface area (Å²) in [6.07, 6.45) is 0. The summed E-state index contributed by atoms with van der Waals surface area (Å²) in [5.41, 5.74) is 0.262. The fourth-order valence-corrected chi connectivity index (χ4v) is 1.99. The van der Waals surface area contributed by atoms with Crippen molar-refractivity contribution in [1.82, 2.24) is 4.90 Å². The van der Waals surface area contributed by atoms with E-state index in [2.05, 4.69) is 0 Å². The lowest BCUT2D eigenvalue weighted by atomic mass is 10.1. The molecular weight excluding hydrogens is 274 g/mol. The van der Waals surface area contributed by atoms with Crippen LogP contribution < -0.4 is 9.47 Å². The van der Waals surface area contributed by atoms with Gasteiger partial charge in [0.15, 0.2) is 11.5 Å². The summed E-state index contributed by atoms with van der Waals surface area (Å²) >= 11 is 6.01. The molecule has 0 aliphatic carbocycles. The molecule has 19 heavy (non-hydrogen) atoms. The second-order valence-corrected chi connectivity index (χ2v) is 4.44. The zero-order valence-electron chi connectivity index (χ0n) is 10.2. The Bertz CT molecular complexity index is 531. The molecule has 1 N–H and O–H groups in total. The predicted octanol–water partition coefficient (Wildman–Crippen LogP) is 1.27. The van der Waals surface area contributed by atoms with E-state index in [0.29, 0.717) is 24.7 Å². The van der Waals surface area contributed by atoms with Crippen LogP contribution in [0.3, 0.4) is 0 Å². The number of hydrogen-bond acceptors (Lipinski definition) is 4. The Morgan fingerprint density at radius 2 is 2.05 bits per heavy atom. The van der Waals surface area contributed by atoms with Crippen LogP contribution >= 0.6 is 11.6 Å². The van der Waals surface area contributed by atoms with Gasteiger partial charge in [0, 0.05) is 12.6 Å². The number of aliphatic carboxylic acids is 1. The second kappa shape index (κ2) is 5.36. The number of ether oxygens (including phenoxy) is 2. The highest BCUT2D eigenvalue weighted by Gasteiger charge is 2.21. The molecule has 0 bridgehead atoms. The average molecular weight is 286 g/mol. The van der Waals surface area contributed by atoms with Crippen LogP contribution in [0.1, 0.15) is 10.4 Å². The first kappa shape index (κ1) is 13.5. The third-order valence-corrected chi connectivity index (χ3v) is 2.84. The number of amides is 1. The Labute approximate surface area is 114 Å². The Kier molecular flexibility index (Phi) is 3.80. The molecular formula is C12H12ClNO5. The maximum atomic E-state index is 12.0. The highest BCUT2D eigenvalue weighted by atomic mass is 35.5. The maximum Gasteiger partial charge on any atom is 0.323 e. The number of halogens is 1. The van der Waals surface area contributed by atoms with Crippen molar-refractivity contribution < 1.29 is 24.2 Å². The number of fused-ring (bicyclic) bond motifs is 1. The van der Waals surface area contributed by atoms with E-state index < -0.39 is 11.9 Å². The Balaban J connectivity index is 2.28. The van der Waals surface area contributed by atoms with Gasteiger partial charge in [0.25, 0.3) is 5.91 Å². The van der Waals surface area contributed by atoms with Crippen molar-refractivity contribution in [1.29, 1.82) is 0 Å². The van der Waals surface area contributed by atoms with Gasteiger partial charge in [-0.2, -0.15) is 0 Å². The first-order chi connectivity index (χ1) is 8.99. The topological polar surface area (TPSA) is 76.1 Å². The summed E-state index contributed by atoms with van der Waals surface area (Å²) < 4.78 is 10.7. The quantitative estimate of drug-likeness (QED) is 0.905. The minimum absolute atomic E-state index is 0.262. The third kappa shape index (κ3) is 2.90. The molecule has 2 rings (SSSR count). The summed E-state index contributed by atoms with van der Waals surface area (Å²) in [5, 5.41) is 8.93. The van der Waals surface area contributed by atoms with E-state index in [9.17, 15) is 9.59 Å². The standard InChI is InChI=1S/C12H12ClNO5/c1-14(6-10(15)16)12(17)7-4-8(13)11-9(5-7)18-2-3-19-11/h4-5H,2-3,6H2,1H3,(H,15,16). The van der Waals surface area contributed by atoms with Gasteiger partial charge >= 0.3 is 5.97 Å². The van der Waals surface area contributed by atoms with Crippen molar-refractivity contribution in [2.45, 2.75) is 0 Å². The van der Waals surface area contributed by atoms with Gasteiger partial charge in [0.2, 0.25) is 0 Å². The number of hydrogen-bond donors (Lipinski definition) is 1. The van der Waals surface area contributed by atoms with E-state index in [1.54, 1.807) is 0 Å². The van der Waals surface area contributed by atoms with Crippen molar-refractivity contribution in [3.8, 4) is 11.5 Å². The third-order valence-electron chi connectivity index (χ3n) is 2.56. The van der Waals surface area contributed by atoms with Gasteiger partial charge in [-0.1, -0.05) is 11.6 Å². The van der Waals surface area contributed by atoms with E-state index in [1.165, 1.54) is 19.2 Å². The number of carboxylic acids is 1. The molecule has 0 unspecified atom stereocenters. The normalized spacial score (nSPS) is 12.9. The van der Waals surface area contributed by atoms with E-state index >= 15 is 0 Å². The number of carbonyl (C=O) groups is 2. The van der Waals surface area contributed by atoms with Gasteiger partial charge < -0.3 is 19.5 Å². The van der Waals surface area contributed by atoms with Gasteiger partial charge in [-0.15, -0.1) is 0 Å². The summed E-state index contributed by atoms with van der Waals surface area (Å²) in [4.78, 5) is 23.7. The van der Waals surface area contributed by atoms with Crippen LogP contribution in [-0.2, 0) is 4.79 Å². The zero-order valence-corrected chi connectivity index (χ0v) is 10.9. The molecule has 0 aromatic heterocycles. The molecule has 1 aromatic carbocycles. The van der Waals surface area contributed by atoms with Crippen LogP contribution in [-0.4, -0.2) is 48.7 Å². The van der Waals surface area contributed by atoms with Gasteiger partial charge in [-0.3, -0.25) is 9.59 Å². The molecule has 1 aliphatic rings. The Morgan fingerprint density at radius 1 is 1.37 bits per heavy atom. The fraction of sp³-hybridized carbons (Fsp3) is 0.333. The smallest absolute Gasteiger partial charge is 0.323 e. The van der Waals surface area contributed by atoms with Crippen LogP contribution in [0.4, 0.5) is 0 Å². The monoisotopic (exact) mass is 285 g/mol. The molecule has 102 valence electrons. The van der Waals surface area contributed by atoms with Gasteiger partial charge in [0.1, 0.15) is 19.8 Å². The van der Waals surface area contributed by atoms with Crippen molar-refractivity contribution in [3.63, 3.8) is 0 Å². The first-order valence-electron chi connectivity index (χ1n) is 5.55. The van der Waals surface area contributed by atoms with Crippen molar-refractivity contribution in [2.75, 3.05) is 26.8 Å². The Morgan fingerprint density at radius 3 is 2.74 bits per heavy atom. The molecule has 7 heteroatoms. The highest BCUT2D eigenvalue weighted by Crippen LogP contribution is 2.38.